The zero-order valence-electron chi connectivity index (χ0n) is 29.9. The topological polar surface area (TPSA) is 6.48 Å². The molecule has 0 amide bonds. The first-order chi connectivity index (χ1) is 20.5. The van der Waals surface area contributed by atoms with Gasteiger partial charge in [0, 0.05) is 23.9 Å². The van der Waals surface area contributed by atoms with Crippen LogP contribution in [-0.4, -0.2) is 51.1 Å². The van der Waals surface area contributed by atoms with Crippen molar-refractivity contribution in [2.24, 2.45) is 0 Å². The molecule has 0 saturated heterocycles. The lowest BCUT2D eigenvalue weighted by Crippen LogP contribution is -2.36. The fraction of sp³-hybridized carbons (Fsp3) is 0.561. The number of rotatable bonds is 14. The fourth-order valence-corrected chi connectivity index (χ4v) is 6.86. The second-order valence-electron chi connectivity index (χ2n) is 13.6. The summed E-state index contributed by atoms with van der Waals surface area (Å²) in [5, 5.41) is 0. The Hall–Kier alpha value is -2.42. The molecule has 0 unspecified atom stereocenters. The molecule has 0 bridgehead atoms. The predicted octanol–water partition coefficient (Wildman–Crippen LogP) is 10.8. The van der Waals surface area contributed by atoms with Crippen LogP contribution in [0.25, 0.3) is 0 Å². The monoisotopic (exact) mass is 587 g/mol. The van der Waals surface area contributed by atoms with E-state index in [-0.39, 0.29) is 5.41 Å². The molecule has 0 aliphatic carbocycles. The van der Waals surface area contributed by atoms with Gasteiger partial charge in [0.2, 0.25) is 0 Å². The number of nitrogens with zero attached hydrogens (tertiary/aromatic N) is 2. The van der Waals surface area contributed by atoms with Crippen molar-refractivity contribution >= 4 is 0 Å². The number of likely N-dealkylation sites (N-methyl/N-ethyl adjacent to an activating group) is 2. The largest absolute Gasteiger partial charge is 0.309 e. The fourth-order valence-electron chi connectivity index (χ4n) is 6.86. The van der Waals surface area contributed by atoms with Crippen LogP contribution in [0.2, 0.25) is 0 Å². The zero-order valence-corrected chi connectivity index (χ0v) is 29.9. The molecule has 0 radical (unpaired) electrons. The third-order valence-corrected chi connectivity index (χ3v) is 9.15. The second kappa shape index (κ2) is 19.8. The molecule has 0 aliphatic rings. The first-order valence-corrected chi connectivity index (χ1v) is 16.9. The molecule has 240 valence electrons. The second-order valence-corrected chi connectivity index (χ2v) is 13.6. The maximum Gasteiger partial charge on any atom is 0.00748 e. The Kier molecular flexibility index (Phi) is 17.8. The minimum atomic E-state index is 0.241. The van der Waals surface area contributed by atoms with Crippen LogP contribution in [0.15, 0.2) is 91.0 Å². The lowest BCUT2D eigenvalue weighted by Gasteiger charge is -2.35. The first kappa shape index (κ1) is 38.6. The molecule has 0 N–H and O–H groups in total. The van der Waals surface area contributed by atoms with E-state index in [9.17, 15) is 0 Å². The van der Waals surface area contributed by atoms with E-state index in [0.29, 0.717) is 10.8 Å². The molecule has 43 heavy (non-hydrogen) atoms. The highest BCUT2D eigenvalue weighted by molar-refractivity contribution is 5.27. The average Bonchev–Trinajstić information content (AvgIpc) is 3.01. The molecule has 0 spiro atoms. The van der Waals surface area contributed by atoms with Crippen molar-refractivity contribution in [2.45, 2.75) is 110 Å². The summed E-state index contributed by atoms with van der Waals surface area (Å²) in [5.74, 6) is 0. The van der Waals surface area contributed by atoms with E-state index in [1.807, 2.05) is 0 Å². The van der Waals surface area contributed by atoms with Gasteiger partial charge in [-0.05, 0) is 82.4 Å². The van der Waals surface area contributed by atoms with Gasteiger partial charge in [-0.3, -0.25) is 0 Å². The van der Waals surface area contributed by atoms with Crippen LogP contribution < -0.4 is 0 Å². The maximum absolute atomic E-state index is 2.33. The SMILES string of the molecule is CCC(CC)(CN(C)C)c1ccccc1.CCCC(CC)(CCC)c1ccccc1.CN(C)CC(C)(C)c1ccccc1. The molecule has 3 aromatic carbocycles. The molecular weight excluding hydrogens is 520 g/mol. The van der Waals surface area contributed by atoms with Gasteiger partial charge in [-0.25, -0.2) is 0 Å². The van der Waals surface area contributed by atoms with Gasteiger partial charge in [-0.15, -0.1) is 0 Å². The highest BCUT2D eigenvalue weighted by Crippen LogP contribution is 2.37. The van der Waals surface area contributed by atoms with Gasteiger partial charge < -0.3 is 9.80 Å². The van der Waals surface area contributed by atoms with Gasteiger partial charge in [0.05, 0.1) is 0 Å². The Balaban J connectivity index is 0.000000324. The lowest BCUT2D eigenvalue weighted by atomic mass is 9.71. The van der Waals surface area contributed by atoms with E-state index in [1.54, 1.807) is 0 Å². The molecule has 0 aliphatic heterocycles. The summed E-state index contributed by atoms with van der Waals surface area (Å²) in [5.41, 5.74) is 5.42. The standard InChI is InChI=1S/C15H24.C14H23N.C12H19N/c1-4-12-15(6-3,13-5-2)14-10-8-7-9-11-14;1-5-14(6-2,12-15(3)4)13-10-8-7-9-11-13;1-12(2,10-13(3)4)11-8-6-5-7-9-11/h7-11H,4-6,12-13H2,1-3H3;7-11H,5-6,12H2,1-4H3;5-9H,10H2,1-4H3. The summed E-state index contributed by atoms with van der Waals surface area (Å²) in [7, 11) is 8.54. The smallest absolute Gasteiger partial charge is 0.00748 e. The molecule has 0 saturated carbocycles. The van der Waals surface area contributed by atoms with E-state index < -0.39 is 0 Å². The average molecular weight is 587 g/mol. The summed E-state index contributed by atoms with van der Waals surface area (Å²) >= 11 is 0. The van der Waals surface area contributed by atoms with Crippen molar-refractivity contribution in [3.8, 4) is 0 Å². The van der Waals surface area contributed by atoms with Gasteiger partial charge in [-0.1, -0.05) is 152 Å². The van der Waals surface area contributed by atoms with Crippen LogP contribution in [0.3, 0.4) is 0 Å². The van der Waals surface area contributed by atoms with Crippen molar-refractivity contribution in [1.29, 1.82) is 0 Å². The van der Waals surface area contributed by atoms with Crippen LogP contribution in [0.5, 0.6) is 0 Å². The van der Waals surface area contributed by atoms with E-state index in [0.717, 1.165) is 13.1 Å². The van der Waals surface area contributed by atoms with Crippen molar-refractivity contribution in [2.75, 3.05) is 41.3 Å². The molecule has 0 fully saturated rings. The van der Waals surface area contributed by atoms with Crippen LogP contribution >= 0.6 is 0 Å². The Morgan fingerprint density at radius 2 is 0.767 bits per heavy atom. The zero-order chi connectivity index (χ0) is 32.4. The number of benzene rings is 3. The number of hydrogen-bond acceptors (Lipinski definition) is 2. The summed E-state index contributed by atoms with van der Waals surface area (Å²) in [4.78, 5) is 4.52. The minimum Gasteiger partial charge on any atom is -0.309 e. The molecular formula is C41H66N2. The summed E-state index contributed by atoms with van der Waals surface area (Å²) in [6.07, 6.45) is 8.87. The van der Waals surface area contributed by atoms with Gasteiger partial charge in [-0.2, -0.15) is 0 Å². The Labute approximate surface area is 267 Å². The molecule has 2 heteroatoms. The van der Waals surface area contributed by atoms with Crippen molar-refractivity contribution in [3.05, 3.63) is 108 Å². The highest BCUT2D eigenvalue weighted by Gasteiger charge is 2.29. The van der Waals surface area contributed by atoms with Crippen molar-refractivity contribution in [1.82, 2.24) is 9.80 Å². The molecule has 3 aromatic rings. The highest BCUT2D eigenvalue weighted by atomic mass is 15.1. The van der Waals surface area contributed by atoms with Gasteiger partial charge in [0.1, 0.15) is 0 Å². The van der Waals surface area contributed by atoms with E-state index in [2.05, 4.69) is 177 Å². The van der Waals surface area contributed by atoms with E-state index in [4.69, 9.17) is 0 Å². The summed E-state index contributed by atoms with van der Waals surface area (Å²) in [6.45, 7) is 18.3. The molecule has 3 rings (SSSR count). The molecule has 0 atom stereocenters. The van der Waals surface area contributed by atoms with E-state index in [1.165, 1.54) is 61.6 Å². The van der Waals surface area contributed by atoms with Crippen LogP contribution in [0.4, 0.5) is 0 Å². The quantitative estimate of drug-likeness (QED) is 0.185. The normalized spacial score (nSPS) is 11.9. The van der Waals surface area contributed by atoms with Gasteiger partial charge in [0.25, 0.3) is 0 Å². The Bertz CT molecular complexity index is 1020. The third kappa shape index (κ3) is 12.6. The lowest BCUT2D eigenvalue weighted by molar-refractivity contribution is 0.265. The Morgan fingerprint density at radius 1 is 0.442 bits per heavy atom. The van der Waals surface area contributed by atoms with Crippen molar-refractivity contribution < 1.29 is 0 Å². The first-order valence-electron chi connectivity index (χ1n) is 16.9. The third-order valence-electron chi connectivity index (χ3n) is 9.15. The van der Waals surface area contributed by atoms with Gasteiger partial charge in [0.15, 0.2) is 0 Å². The summed E-state index contributed by atoms with van der Waals surface area (Å²) in [6, 6.07) is 32.6. The molecule has 2 nitrogen and oxygen atoms in total. The minimum absolute atomic E-state index is 0.241. The van der Waals surface area contributed by atoms with Crippen molar-refractivity contribution in [3.63, 3.8) is 0 Å². The van der Waals surface area contributed by atoms with Crippen LogP contribution in [0, 0.1) is 0 Å². The van der Waals surface area contributed by atoms with Gasteiger partial charge >= 0.3 is 0 Å². The van der Waals surface area contributed by atoms with E-state index >= 15 is 0 Å². The van der Waals surface area contributed by atoms with Crippen LogP contribution in [0.1, 0.15) is 110 Å². The predicted molar refractivity (Wildman–Crippen MR) is 194 cm³/mol. The van der Waals surface area contributed by atoms with Crippen LogP contribution in [-0.2, 0) is 16.2 Å². The Morgan fingerprint density at radius 3 is 1.07 bits per heavy atom. The molecule has 0 aromatic heterocycles. The summed E-state index contributed by atoms with van der Waals surface area (Å²) < 4.78 is 0. The maximum atomic E-state index is 2.33. The molecule has 0 heterocycles. The number of hydrogen-bond donors (Lipinski definition) is 0.